The van der Waals surface area contributed by atoms with Crippen molar-refractivity contribution in [3.05, 3.63) is 50.8 Å². The van der Waals surface area contributed by atoms with Crippen LogP contribution in [-0.4, -0.2) is 11.8 Å². The third kappa shape index (κ3) is 4.25. The first-order chi connectivity index (χ1) is 11.0. The highest BCUT2D eigenvalue weighted by atomic mass is 35.5. The number of benzene rings is 1. The van der Waals surface area contributed by atoms with Gasteiger partial charge in [0, 0.05) is 22.5 Å². The molecule has 2 aromatic rings. The Balaban J connectivity index is 1.57. The van der Waals surface area contributed by atoms with Crippen LogP contribution in [0.5, 0.6) is 0 Å². The van der Waals surface area contributed by atoms with E-state index in [-0.39, 0.29) is 17.7 Å². The van der Waals surface area contributed by atoms with E-state index >= 15 is 0 Å². The predicted molar refractivity (Wildman–Crippen MR) is 93.3 cm³/mol. The molecule has 0 spiro atoms. The fraction of sp³-hybridized carbons (Fsp3) is 0.250. The summed E-state index contributed by atoms with van der Waals surface area (Å²) < 4.78 is 0. The highest BCUT2D eigenvalue weighted by Gasteiger charge is 2.29. The van der Waals surface area contributed by atoms with E-state index in [9.17, 15) is 9.59 Å². The van der Waals surface area contributed by atoms with Gasteiger partial charge in [0.15, 0.2) is 0 Å². The average Bonchev–Trinajstić information content (AvgIpc) is 3.26. The Bertz CT molecular complexity index is 756. The molecule has 0 bridgehead atoms. The van der Waals surface area contributed by atoms with Gasteiger partial charge in [-0.25, -0.2) is 0 Å². The van der Waals surface area contributed by atoms with E-state index in [1.807, 2.05) is 0 Å². The molecule has 1 fully saturated rings. The summed E-state index contributed by atoms with van der Waals surface area (Å²) in [4.78, 5) is 24.4. The van der Waals surface area contributed by atoms with Crippen molar-refractivity contribution >= 4 is 51.4 Å². The lowest BCUT2D eigenvalue weighted by molar-refractivity contribution is -0.117. The van der Waals surface area contributed by atoms with Crippen molar-refractivity contribution in [1.82, 2.24) is 5.32 Å². The summed E-state index contributed by atoms with van der Waals surface area (Å²) in [7, 11) is 0. The monoisotopic (exact) mass is 368 g/mol. The molecule has 3 rings (SSSR count). The molecule has 1 aliphatic carbocycles. The third-order valence-corrected chi connectivity index (χ3v) is 5.07. The zero-order valence-corrected chi connectivity index (χ0v) is 14.4. The van der Waals surface area contributed by atoms with Crippen molar-refractivity contribution in [2.75, 3.05) is 5.32 Å². The van der Waals surface area contributed by atoms with Gasteiger partial charge in [-0.2, -0.15) is 0 Å². The molecule has 2 amide bonds. The molecule has 7 heteroatoms. The lowest BCUT2D eigenvalue weighted by Gasteiger charge is -2.06. The maximum Gasteiger partial charge on any atom is 0.261 e. The van der Waals surface area contributed by atoms with Gasteiger partial charge in [-0.3, -0.25) is 9.59 Å². The Morgan fingerprint density at radius 1 is 1.17 bits per heavy atom. The Hall–Kier alpha value is -1.56. The van der Waals surface area contributed by atoms with E-state index in [4.69, 9.17) is 23.2 Å². The van der Waals surface area contributed by atoms with Crippen LogP contribution in [0.25, 0.3) is 0 Å². The molecule has 0 atom stereocenters. The second-order valence-corrected chi connectivity index (χ2v) is 7.27. The smallest absolute Gasteiger partial charge is 0.261 e. The van der Waals surface area contributed by atoms with Gasteiger partial charge >= 0.3 is 0 Å². The number of amides is 2. The number of anilines is 1. The summed E-state index contributed by atoms with van der Waals surface area (Å²) >= 11 is 13.2. The number of halogens is 2. The van der Waals surface area contributed by atoms with Crippen molar-refractivity contribution in [2.24, 2.45) is 5.92 Å². The average molecular weight is 369 g/mol. The molecule has 2 N–H and O–H groups in total. The number of nitrogens with one attached hydrogen (secondary N) is 2. The van der Waals surface area contributed by atoms with Crippen LogP contribution in [-0.2, 0) is 11.3 Å². The van der Waals surface area contributed by atoms with Gasteiger partial charge < -0.3 is 10.6 Å². The Morgan fingerprint density at radius 2 is 1.96 bits per heavy atom. The van der Waals surface area contributed by atoms with E-state index in [0.717, 1.165) is 18.4 Å². The fourth-order valence-electron chi connectivity index (χ4n) is 2.02. The van der Waals surface area contributed by atoms with E-state index in [2.05, 4.69) is 10.6 Å². The van der Waals surface area contributed by atoms with Crippen LogP contribution in [0.1, 0.15) is 28.1 Å². The normalized spacial score (nSPS) is 13.7. The first-order valence-corrected chi connectivity index (χ1v) is 8.73. The van der Waals surface area contributed by atoms with Crippen LogP contribution >= 0.6 is 34.5 Å². The van der Waals surface area contributed by atoms with Gasteiger partial charge in [0.05, 0.1) is 9.88 Å². The van der Waals surface area contributed by atoms with Crippen LogP contribution in [0.2, 0.25) is 10.0 Å². The standard InChI is InChI=1S/C16H14Cl2N2O2S/c17-11-4-3-10(12(18)7-11)8-19-16(22)13-5-6-14(23-13)20-15(21)9-1-2-9/h3-7,9H,1-2,8H2,(H,19,22)(H,20,21). The maximum atomic E-state index is 12.2. The highest BCUT2D eigenvalue weighted by Crippen LogP contribution is 2.31. The first kappa shape index (κ1) is 16.3. The first-order valence-electron chi connectivity index (χ1n) is 7.16. The Morgan fingerprint density at radius 3 is 2.65 bits per heavy atom. The Labute approximate surface area is 147 Å². The molecular weight excluding hydrogens is 355 g/mol. The van der Waals surface area contributed by atoms with E-state index in [0.29, 0.717) is 26.5 Å². The number of hydrogen-bond donors (Lipinski definition) is 2. The summed E-state index contributed by atoms with van der Waals surface area (Å²) in [5, 5.41) is 7.40. The number of hydrogen-bond acceptors (Lipinski definition) is 3. The van der Waals surface area contributed by atoms with Crippen molar-refractivity contribution in [2.45, 2.75) is 19.4 Å². The molecule has 1 aromatic carbocycles. The molecule has 120 valence electrons. The van der Waals surface area contributed by atoms with Crippen LogP contribution in [0.4, 0.5) is 5.00 Å². The summed E-state index contributed by atoms with van der Waals surface area (Å²) in [6.07, 6.45) is 1.90. The van der Waals surface area contributed by atoms with Gasteiger partial charge in [-0.1, -0.05) is 29.3 Å². The van der Waals surface area contributed by atoms with Crippen molar-refractivity contribution in [3.63, 3.8) is 0 Å². The molecule has 0 radical (unpaired) electrons. The van der Waals surface area contributed by atoms with Crippen molar-refractivity contribution in [3.8, 4) is 0 Å². The number of carbonyl (C=O) groups excluding carboxylic acids is 2. The molecule has 1 aliphatic rings. The third-order valence-electron chi connectivity index (χ3n) is 3.48. The van der Waals surface area contributed by atoms with Crippen molar-refractivity contribution < 1.29 is 9.59 Å². The molecule has 4 nitrogen and oxygen atoms in total. The van der Waals surface area contributed by atoms with Crippen LogP contribution < -0.4 is 10.6 Å². The molecule has 1 saturated carbocycles. The largest absolute Gasteiger partial charge is 0.347 e. The van der Waals surface area contributed by atoms with Gasteiger partial charge in [0.2, 0.25) is 5.91 Å². The SMILES string of the molecule is O=C(NCc1ccc(Cl)cc1Cl)c1ccc(NC(=O)C2CC2)s1. The molecular formula is C16H14Cl2N2O2S. The molecule has 1 heterocycles. The fourth-order valence-corrected chi connectivity index (χ4v) is 3.32. The van der Waals surface area contributed by atoms with E-state index in [1.165, 1.54) is 11.3 Å². The minimum absolute atomic E-state index is 0.0340. The molecule has 1 aromatic heterocycles. The predicted octanol–water partition coefficient (Wildman–Crippen LogP) is 4.33. The van der Waals surface area contributed by atoms with E-state index in [1.54, 1.807) is 30.3 Å². The maximum absolute atomic E-state index is 12.2. The molecule has 0 unspecified atom stereocenters. The van der Waals surface area contributed by atoms with Crippen LogP contribution in [0, 0.1) is 5.92 Å². The van der Waals surface area contributed by atoms with Gasteiger partial charge in [-0.05, 0) is 42.7 Å². The van der Waals surface area contributed by atoms with Gasteiger partial charge in [0.1, 0.15) is 0 Å². The number of carbonyl (C=O) groups is 2. The lowest BCUT2D eigenvalue weighted by atomic mass is 10.2. The highest BCUT2D eigenvalue weighted by molar-refractivity contribution is 7.18. The minimum atomic E-state index is -0.201. The van der Waals surface area contributed by atoms with Gasteiger partial charge in [-0.15, -0.1) is 11.3 Å². The molecule has 0 saturated heterocycles. The van der Waals surface area contributed by atoms with E-state index < -0.39 is 0 Å². The van der Waals surface area contributed by atoms with Crippen molar-refractivity contribution in [1.29, 1.82) is 0 Å². The zero-order chi connectivity index (χ0) is 16.4. The molecule has 23 heavy (non-hydrogen) atoms. The Kier molecular flexibility index (Phi) is 4.90. The molecule has 0 aliphatic heterocycles. The number of rotatable bonds is 5. The summed E-state index contributed by atoms with van der Waals surface area (Å²) in [5.74, 6) is -0.0267. The summed E-state index contributed by atoms with van der Waals surface area (Å²) in [6.45, 7) is 0.316. The quantitative estimate of drug-likeness (QED) is 0.824. The minimum Gasteiger partial charge on any atom is -0.347 e. The lowest BCUT2D eigenvalue weighted by Crippen LogP contribution is -2.21. The number of thiophene rings is 1. The summed E-state index contributed by atoms with van der Waals surface area (Å²) in [6, 6.07) is 8.59. The van der Waals surface area contributed by atoms with Crippen LogP contribution in [0.3, 0.4) is 0 Å². The van der Waals surface area contributed by atoms with Gasteiger partial charge in [0.25, 0.3) is 5.91 Å². The van der Waals surface area contributed by atoms with Crippen LogP contribution in [0.15, 0.2) is 30.3 Å². The zero-order valence-electron chi connectivity index (χ0n) is 12.1. The second-order valence-electron chi connectivity index (χ2n) is 5.35. The topological polar surface area (TPSA) is 58.2 Å². The summed E-state index contributed by atoms with van der Waals surface area (Å²) in [5.41, 5.74) is 0.795. The second kappa shape index (κ2) is 6.91.